The molecule has 2 rings (SSSR count). The molecule has 1 saturated carbocycles. The van der Waals surface area contributed by atoms with Crippen molar-refractivity contribution in [2.75, 3.05) is 6.61 Å². The van der Waals surface area contributed by atoms with Gasteiger partial charge in [-0.05, 0) is 38.0 Å². The molecular formula is C15H27N3O2. The summed E-state index contributed by atoms with van der Waals surface area (Å²) in [5.74, 6) is 2.07. The molecule has 0 bridgehead atoms. The molecule has 5 heteroatoms. The van der Waals surface area contributed by atoms with E-state index in [4.69, 9.17) is 15.0 Å². The first-order valence-corrected chi connectivity index (χ1v) is 7.58. The Hall–Kier alpha value is -0.940. The maximum Gasteiger partial charge on any atom is 0.230 e. The standard InChI is InChI=1S/C15H27N3O2/c1-6-19-10(3)13-17-14(20-18-13)11-7-8-12(16)9(2)15(11,4)5/h9-12H,6-8,16H2,1-5H3. The van der Waals surface area contributed by atoms with E-state index in [-0.39, 0.29) is 23.5 Å². The molecule has 5 nitrogen and oxygen atoms in total. The van der Waals surface area contributed by atoms with Gasteiger partial charge in [-0.1, -0.05) is 25.9 Å². The van der Waals surface area contributed by atoms with Crippen LogP contribution in [-0.2, 0) is 4.74 Å². The van der Waals surface area contributed by atoms with E-state index >= 15 is 0 Å². The van der Waals surface area contributed by atoms with Crippen molar-refractivity contribution in [1.82, 2.24) is 10.1 Å². The zero-order valence-corrected chi connectivity index (χ0v) is 13.2. The van der Waals surface area contributed by atoms with Crippen molar-refractivity contribution in [2.45, 2.75) is 65.5 Å². The lowest BCUT2D eigenvalue weighted by Gasteiger charge is -2.45. The van der Waals surface area contributed by atoms with Gasteiger partial charge in [0.1, 0.15) is 6.10 Å². The van der Waals surface area contributed by atoms with Crippen LogP contribution in [0.1, 0.15) is 71.2 Å². The molecule has 20 heavy (non-hydrogen) atoms. The van der Waals surface area contributed by atoms with Crippen LogP contribution in [0, 0.1) is 11.3 Å². The van der Waals surface area contributed by atoms with Crippen LogP contribution < -0.4 is 5.73 Å². The van der Waals surface area contributed by atoms with Gasteiger partial charge in [0.2, 0.25) is 5.89 Å². The second-order valence-electron chi connectivity index (χ2n) is 6.49. The van der Waals surface area contributed by atoms with Gasteiger partial charge in [-0.25, -0.2) is 0 Å². The van der Waals surface area contributed by atoms with Crippen molar-refractivity contribution in [2.24, 2.45) is 17.1 Å². The summed E-state index contributed by atoms with van der Waals surface area (Å²) in [4.78, 5) is 4.56. The van der Waals surface area contributed by atoms with Gasteiger partial charge in [-0.3, -0.25) is 0 Å². The Labute approximate surface area is 121 Å². The Morgan fingerprint density at radius 3 is 2.80 bits per heavy atom. The van der Waals surface area contributed by atoms with Crippen molar-refractivity contribution >= 4 is 0 Å². The van der Waals surface area contributed by atoms with Gasteiger partial charge >= 0.3 is 0 Å². The molecule has 4 atom stereocenters. The van der Waals surface area contributed by atoms with Crippen molar-refractivity contribution in [3.05, 3.63) is 11.7 Å². The highest BCUT2D eigenvalue weighted by Gasteiger charge is 2.44. The van der Waals surface area contributed by atoms with E-state index in [0.717, 1.165) is 18.7 Å². The summed E-state index contributed by atoms with van der Waals surface area (Å²) in [7, 11) is 0. The van der Waals surface area contributed by atoms with Crippen LogP contribution in [0.25, 0.3) is 0 Å². The predicted molar refractivity (Wildman–Crippen MR) is 77.2 cm³/mol. The molecule has 1 fully saturated rings. The third-order valence-electron chi connectivity index (χ3n) is 5.04. The topological polar surface area (TPSA) is 74.2 Å². The van der Waals surface area contributed by atoms with Crippen molar-refractivity contribution in [3.63, 3.8) is 0 Å². The average Bonchev–Trinajstić information content (AvgIpc) is 2.86. The molecule has 0 saturated heterocycles. The van der Waals surface area contributed by atoms with Crippen LogP contribution in [0.5, 0.6) is 0 Å². The fourth-order valence-corrected chi connectivity index (χ4v) is 3.17. The monoisotopic (exact) mass is 281 g/mol. The average molecular weight is 281 g/mol. The van der Waals surface area contributed by atoms with Gasteiger partial charge in [-0.2, -0.15) is 4.98 Å². The lowest BCUT2D eigenvalue weighted by Crippen LogP contribution is -2.45. The fraction of sp³-hybridized carbons (Fsp3) is 0.867. The van der Waals surface area contributed by atoms with Crippen LogP contribution in [-0.4, -0.2) is 22.8 Å². The van der Waals surface area contributed by atoms with Crippen molar-refractivity contribution in [1.29, 1.82) is 0 Å². The molecule has 1 aromatic rings. The van der Waals surface area contributed by atoms with Gasteiger partial charge in [0.15, 0.2) is 5.82 Å². The second-order valence-corrected chi connectivity index (χ2v) is 6.49. The minimum atomic E-state index is -0.121. The molecule has 4 unspecified atom stereocenters. The van der Waals surface area contributed by atoms with Gasteiger partial charge in [0.05, 0.1) is 0 Å². The number of ether oxygens (including phenoxy) is 1. The SMILES string of the molecule is CCOC(C)c1noc(C2CCC(N)C(C)C2(C)C)n1. The van der Waals surface area contributed by atoms with E-state index < -0.39 is 0 Å². The first kappa shape index (κ1) is 15.4. The van der Waals surface area contributed by atoms with E-state index in [1.165, 1.54) is 0 Å². The third-order valence-corrected chi connectivity index (χ3v) is 5.04. The van der Waals surface area contributed by atoms with Crippen LogP contribution in [0.3, 0.4) is 0 Å². The molecule has 0 amide bonds. The lowest BCUT2D eigenvalue weighted by atomic mass is 9.61. The number of rotatable bonds is 4. The number of nitrogens with zero attached hydrogens (tertiary/aromatic N) is 2. The summed E-state index contributed by atoms with van der Waals surface area (Å²) in [6.45, 7) is 11.3. The summed E-state index contributed by atoms with van der Waals surface area (Å²) < 4.78 is 11.0. The molecule has 0 aromatic carbocycles. The van der Waals surface area contributed by atoms with E-state index in [2.05, 4.69) is 30.9 Å². The van der Waals surface area contributed by atoms with Gasteiger partial charge in [-0.15, -0.1) is 0 Å². The Balaban J connectivity index is 2.19. The van der Waals surface area contributed by atoms with Gasteiger partial charge < -0.3 is 15.0 Å². The number of aromatic nitrogens is 2. The quantitative estimate of drug-likeness (QED) is 0.918. The van der Waals surface area contributed by atoms with Crippen molar-refractivity contribution < 1.29 is 9.26 Å². The number of hydrogen-bond acceptors (Lipinski definition) is 5. The number of nitrogens with two attached hydrogens (primary N) is 1. The first-order valence-electron chi connectivity index (χ1n) is 7.58. The summed E-state index contributed by atoms with van der Waals surface area (Å²) in [6, 6.07) is 0.256. The van der Waals surface area contributed by atoms with Crippen LogP contribution in [0.15, 0.2) is 4.52 Å². The molecule has 1 aromatic heterocycles. The Morgan fingerprint density at radius 2 is 2.15 bits per heavy atom. The normalized spacial score (nSPS) is 31.2. The van der Waals surface area contributed by atoms with Gasteiger partial charge in [0.25, 0.3) is 0 Å². The zero-order chi connectivity index (χ0) is 14.9. The van der Waals surface area contributed by atoms with E-state index in [1.54, 1.807) is 0 Å². The highest BCUT2D eigenvalue weighted by molar-refractivity contribution is 5.07. The molecule has 1 aliphatic rings. The number of hydrogen-bond donors (Lipinski definition) is 1. The minimum absolute atomic E-state index is 0.0658. The summed E-state index contributed by atoms with van der Waals surface area (Å²) in [5, 5.41) is 4.08. The van der Waals surface area contributed by atoms with Crippen LogP contribution >= 0.6 is 0 Å². The van der Waals surface area contributed by atoms with Crippen LogP contribution in [0.4, 0.5) is 0 Å². The van der Waals surface area contributed by atoms with Crippen LogP contribution in [0.2, 0.25) is 0 Å². The molecule has 114 valence electrons. The molecular weight excluding hydrogens is 254 g/mol. The van der Waals surface area contributed by atoms with Crippen molar-refractivity contribution in [3.8, 4) is 0 Å². The van der Waals surface area contributed by atoms with E-state index in [1.807, 2.05) is 13.8 Å². The minimum Gasteiger partial charge on any atom is -0.371 e. The largest absolute Gasteiger partial charge is 0.371 e. The van der Waals surface area contributed by atoms with E-state index in [9.17, 15) is 0 Å². The zero-order valence-electron chi connectivity index (χ0n) is 13.2. The highest BCUT2D eigenvalue weighted by atomic mass is 16.5. The van der Waals surface area contributed by atoms with Gasteiger partial charge in [0, 0.05) is 18.6 Å². The highest BCUT2D eigenvalue weighted by Crippen LogP contribution is 2.49. The maximum absolute atomic E-state index is 6.20. The summed E-state index contributed by atoms with van der Waals surface area (Å²) >= 11 is 0. The lowest BCUT2D eigenvalue weighted by molar-refractivity contribution is 0.0682. The molecule has 2 N–H and O–H groups in total. The summed E-state index contributed by atoms with van der Waals surface area (Å²) in [6.07, 6.45) is 1.89. The maximum atomic E-state index is 6.20. The van der Waals surface area contributed by atoms with E-state index in [0.29, 0.717) is 18.3 Å². The second kappa shape index (κ2) is 5.82. The molecule has 1 aliphatic carbocycles. The Kier molecular flexibility index (Phi) is 4.49. The molecule has 0 radical (unpaired) electrons. The third kappa shape index (κ3) is 2.74. The molecule has 0 aliphatic heterocycles. The summed E-state index contributed by atoms with van der Waals surface area (Å²) in [5.41, 5.74) is 6.27. The molecule has 0 spiro atoms. The molecule has 1 heterocycles. The smallest absolute Gasteiger partial charge is 0.230 e. The Bertz CT molecular complexity index is 444. The predicted octanol–water partition coefficient (Wildman–Crippen LogP) is 3.03. The first-order chi connectivity index (χ1) is 9.37. The Morgan fingerprint density at radius 1 is 1.45 bits per heavy atom. The fourth-order valence-electron chi connectivity index (χ4n) is 3.17.